The third-order valence-electron chi connectivity index (χ3n) is 6.67. The number of nitrogens with one attached hydrogen (secondary N) is 1. The Morgan fingerprint density at radius 3 is 2.36 bits per heavy atom. The number of para-hydroxylation sites is 1. The Morgan fingerprint density at radius 1 is 1.05 bits per heavy atom. The van der Waals surface area contributed by atoms with Crippen molar-refractivity contribution in [3.63, 3.8) is 0 Å². The zero-order valence-corrected chi connectivity index (χ0v) is 24.2. The number of amidine groups is 1. The maximum Gasteiger partial charge on any atom is 0.243 e. The molecule has 1 N–H and O–H groups in total. The van der Waals surface area contributed by atoms with Gasteiger partial charge in [-0.15, -0.1) is 0 Å². The molecule has 2 aliphatic rings. The van der Waals surface area contributed by atoms with Gasteiger partial charge in [0, 0.05) is 31.2 Å². The first-order valence-corrected chi connectivity index (χ1v) is 15.6. The Morgan fingerprint density at radius 2 is 1.72 bits per heavy atom. The van der Waals surface area contributed by atoms with Crippen LogP contribution in [-0.2, 0) is 24.3 Å². The molecule has 2 saturated heterocycles. The first-order chi connectivity index (χ1) is 18.6. The van der Waals surface area contributed by atoms with E-state index in [1.165, 1.54) is 16.1 Å². The molecular weight excluding hydrogens is 536 g/mol. The highest BCUT2D eigenvalue weighted by molar-refractivity contribution is 8.15. The maximum atomic E-state index is 13.5. The highest BCUT2D eigenvalue weighted by Crippen LogP contribution is 2.35. The van der Waals surface area contributed by atoms with E-state index < -0.39 is 15.3 Å². The number of morpholine rings is 1. The minimum absolute atomic E-state index is 0.0293. The summed E-state index contributed by atoms with van der Waals surface area (Å²) in [5.41, 5.74) is 1.22. The van der Waals surface area contributed by atoms with Crippen LogP contribution in [0, 0.1) is 5.92 Å². The molecule has 2 atom stereocenters. The van der Waals surface area contributed by atoms with Crippen LogP contribution in [0.25, 0.3) is 0 Å². The fraction of sp³-hybridized carbons (Fsp3) is 0.464. The SMILES string of the molecule is CC(C)CC[C@@H](C)N1C(=O)[C@H](CC(=O)Nc2ccccc2)SC1=Nc1ccc(S(=O)(=O)N2CCOCC2)cc1. The summed E-state index contributed by atoms with van der Waals surface area (Å²) in [7, 11) is -3.61. The van der Waals surface area contributed by atoms with Gasteiger partial charge in [-0.2, -0.15) is 4.31 Å². The molecular formula is C28H36N4O5S2. The summed E-state index contributed by atoms with van der Waals surface area (Å²) < 4.78 is 32.6. The number of hydrogen-bond donors (Lipinski definition) is 1. The predicted octanol–water partition coefficient (Wildman–Crippen LogP) is 4.49. The number of sulfonamides is 1. The third-order valence-corrected chi connectivity index (χ3v) is 9.73. The van der Waals surface area contributed by atoms with E-state index in [4.69, 9.17) is 9.73 Å². The van der Waals surface area contributed by atoms with E-state index in [1.807, 2.05) is 25.1 Å². The second-order valence-electron chi connectivity index (χ2n) is 10.2. The van der Waals surface area contributed by atoms with Crippen LogP contribution in [0.1, 0.15) is 40.0 Å². The fourth-order valence-corrected chi connectivity index (χ4v) is 7.10. The molecule has 39 heavy (non-hydrogen) atoms. The molecule has 0 aromatic heterocycles. The van der Waals surface area contributed by atoms with E-state index in [0.29, 0.717) is 48.8 Å². The molecule has 2 aliphatic heterocycles. The molecule has 2 heterocycles. The first-order valence-electron chi connectivity index (χ1n) is 13.3. The molecule has 2 aromatic carbocycles. The lowest BCUT2D eigenvalue weighted by Crippen LogP contribution is -2.40. The van der Waals surface area contributed by atoms with Gasteiger partial charge in [0.05, 0.1) is 23.8 Å². The lowest BCUT2D eigenvalue weighted by molar-refractivity contribution is -0.129. The number of rotatable bonds is 10. The molecule has 0 unspecified atom stereocenters. The molecule has 0 spiro atoms. The van der Waals surface area contributed by atoms with Crippen molar-refractivity contribution in [3.8, 4) is 0 Å². The highest BCUT2D eigenvalue weighted by atomic mass is 32.2. The zero-order chi connectivity index (χ0) is 28.0. The first kappa shape index (κ1) is 29.3. The number of nitrogens with zero attached hydrogens (tertiary/aromatic N) is 3. The van der Waals surface area contributed by atoms with Crippen molar-refractivity contribution < 1.29 is 22.7 Å². The van der Waals surface area contributed by atoms with Crippen molar-refractivity contribution in [1.29, 1.82) is 0 Å². The van der Waals surface area contributed by atoms with Gasteiger partial charge >= 0.3 is 0 Å². The maximum absolute atomic E-state index is 13.5. The molecule has 2 aromatic rings. The normalized spacial score (nSPS) is 20.5. The van der Waals surface area contributed by atoms with Gasteiger partial charge in [0.1, 0.15) is 5.25 Å². The van der Waals surface area contributed by atoms with Crippen LogP contribution < -0.4 is 5.32 Å². The number of thioether (sulfide) groups is 1. The third kappa shape index (κ3) is 7.47. The van der Waals surface area contributed by atoms with Crippen molar-refractivity contribution in [1.82, 2.24) is 9.21 Å². The van der Waals surface area contributed by atoms with Crippen LogP contribution in [0.3, 0.4) is 0 Å². The van der Waals surface area contributed by atoms with Crippen molar-refractivity contribution in [2.45, 2.75) is 56.2 Å². The number of hydrogen-bond acceptors (Lipinski definition) is 7. The second-order valence-corrected chi connectivity index (χ2v) is 13.3. The molecule has 2 amide bonds. The number of carbonyl (C=O) groups is 2. The van der Waals surface area contributed by atoms with E-state index in [1.54, 1.807) is 41.3 Å². The predicted molar refractivity (Wildman–Crippen MR) is 155 cm³/mol. The van der Waals surface area contributed by atoms with Crippen molar-refractivity contribution >= 4 is 50.1 Å². The van der Waals surface area contributed by atoms with E-state index in [-0.39, 0.29) is 29.2 Å². The van der Waals surface area contributed by atoms with E-state index in [0.717, 1.165) is 12.8 Å². The summed E-state index contributed by atoms with van der Waals surface area (Å²) >= 11 is 1.28. The van der Waals surface area contributed by atoms with Gasteiger partial charge < -0.3 is 10.1 Å². The van der Waals surface area contributed by atoms with Crippen LogP contribution in [0.5, 0.6) is 0 Å². The van der Waals surface area contributed by atoms with Crippen LogP contribution in [0.15, 0.2) is 64.5 Å². The number of anilines is 1. The van der Waals surface area contributed by atoms with E-state index in [2.05, 4.69) is 19.2 Å². The Hall–Kier alpha value is -2.73. The molecule has 0 saturated carbocycles. The Bertz CT molecular complexity index is 1280. The number of ether oxygens (including phenoxy) is 1. The van der Waals surface area contributed by atoms with Gasteiger partial charge in [-0.25, -0.2) is 13.4 Å². The van der Waals surface area contributed by atoms with E-state index in [9.17, 15) is 18.0 Å². The Balaban J connectivity index is 1.53. The summed E-state index contributed by atoms with van der Waals surface area (Å²) in [6.07, 6.45) is 1.79. The minimum atomic E-state index is -3.61. The van der Waals surface area contributed by atoms with Gasteiger partial charge in [-0.1, -0.05) is 43.8 Å². The monoisotopic (exact) mass is 572 g/mol. The highest BCUT2D eigenvalue weighted by Gasteiger charge is 2.41. The average Bonchev–Trinajstić information content (AvgIpc) is 3.22. The zero-order valence-electron chi connectivity index (χ0n) is 22.6. The topological polar surface area (TPSA) is 108 Å². The second kappa shape index (κ2) is 13.1. The number of aliphatic imine (C=N–C) groups is 1. The molecule has 2 fully saturated rings. The summed E-state index contributed by atoms with van der Waals surface area (Å²) in [4.78, 5) is 32.9. The summed E-state index contributed by atoms with van der Waals surface area (Å²) in [5, 5.41) is 2.79. The quantitative estimate of drug-likeness (QED) is 0.449. The molecule has 0 bridgehead atoms. The van der Waals surface area contributed by atoms with Gasteiger partial charge in [0.25, 0.3) is 0 Å². The van der Waals surface area contributed by atoms with Gasteiger partial charge in [0.2, 0.25) is 21.8 Å². The molecule has 0 aliphatic carbocycles. The van der Waals surface area contributed by atoms with Crippen LogP contribution >= 0.6 is 11.8 Å². The Labute approximate surface area is 235 Å². The number of carbonyl (C=O) groups excluding carboxylic acids is 2. The molecule has 0 radical (unpaired) electrons. The summed E-state index contributed by atoms with van der Waals surface area (Å²) in [6.45, 7) is 7.70. The summed E-state index contributed by atoms with van der Waals surface area (Å²) in [6, 6.07) is 15.5. The standard InChI is InChI=1S/C28H36N4O5S2/c1-20(2)9-10-21(3)32-27(34)25(19-26(33)29-22-7-5-4-6-8-22)38-28(32)30-23-11-13-24(14-12-23)39(35,36)31-15-17-37-18-16-31/h4-8,11-14,20-21,25H,9-10,15-19H2,1-3H3,(H,29,33)/t21-,25+/m1/s1. The number of amides is 2. The molecule has 210 valence electrons. The van der Waals surface area contributed by atoms with Crippen molar-refractivity contribution in [2.75, 3.05) is 31.6 Å². The Kier molecular flexibility index (Phi) is 9.81. The van der Waals surface area contributed by atoms with Crippen molar-refractivity contribution in [3.05, 3.63) is 54.6 Å². The fourth-order valence-electron chi connectivity index (χ4n) is 4.44. The average molecular weight is 573 g/mol. The largest absolute Gasteiger partial charge is 0.379 e. The molecule has 9 nitrogen and oxygen atoms in total. The smallest absolute Gasteiger partial charge is 0.243 e. The van der Waals surface area contributed by atoms with Crippen LogP contribution in [0.4, 0.5) is 11.4 Å². The lowest BCUT2D eigenvalue weighted by Gasteiger charge is -2.26. The van der Waals surface area contributed by atoms with Crippen molar-refractivity contribution in [2.24, 2.45) is 10.9 Å². The molecule has 4 rings (SSSR count). The number of benzene rings is 2. The molecule has 11 heteroatoms. The summed E-state index contributed by atoms with van der Waals surface area (Å²) in [5.74, 6) is 0.122. The van der Waals surface area contributed by atoms with Gasteiger partial charge in [-0.05, 0) is 62.1 Å². The lowest BCUT2D eigenvalue weighted by atomic mass is 10.0. The van der Waals surface area contributed by atoms with Gasteiger partial charge in [0.15, 0.2) is 5.17 Å². The van der Waals surface area contributed by atoms with E-state index >= 15 is 0 Å². The minimum Gasteiger partial charge on any atom is -0.379 e. The van der Waals surface area contributed by atoms with Crippen LogP contribution in [-0.4, -0.2) is 72.2 Å². The van der Waals surface area contributed by atoms with Gasteiger partial charge in [-0.3, -0.25) is 14.5 Å². The van der Waals surface area contributed by atoms with Crippen LogP contribution in [0.2, 0.25) is 0 Å².